The first-order chi connectivity index (χ1) is 12.2. The average Bonchev–Trinajstić information content (AvgIpc) is 2.88. The fraction of sp³-hybridized carbons (Fsp3) is 0.864. The van der Waals surface area contributed by atoms with Crippen molar-refractivity contribution in [1.82, 2.24) is 0 Å². The van der Waals surface area contributed by atoms with Gasteiger partial charge in [-0.25, -0.2) is 0 Å². The predicted molar refractivity (Wildman–Crippen MR) is 102 cm³/mol. The lowest BCUT2D eigenvalue weighted by Gasteiger charge is -2.25. The van der Waals surface area contributed by atoms with Gasteiger partial charge >= 0.3 is 5.97 Å². The molecule has 0 saturated heterocycles. The second-order valence-corrected chi connectivity index (χ2v) is 8.02. The number of allylic oxidation sites excluding steroid dienone is 2. The molecule has 25 heavy (non-hydrogen) atoms. The van der Waals surface area contributed by atoms with Crippen LogP contribution in [0.25, 0.3) is 0 Å². The molecular weight excluding hydrogens is 312 g/mol. The van der Waals surface area contributed by atoms with E-state index < -0.39 is 0 Å². The summed E-state index contributed by atoms with van der Waals surface area (Å²) in [6, 6.07) is 0. The Balaban J connectivity index is 1.75. The number of hydrogen-bond donors (Lipinski definition) is 1. The SMILES string of the molecule is CCCCCCCCCC[C@@H]1[C@H]2C/C=C\CCCC(=O)O[C@H]2C[C@H]1O. The van der Waals surface area contributed by atoms with E-state index in [9.17, 15) is 9.90 Å². The van der Waals surface area contributed by atoms with Gasteiger partial charge < -0.3 is 9.84 Å². The first-order valence-corrected chi connectivity index (χ1v) is 10.7. The zero-order valence-electron chi connectivity index (χ0n) is 16.1. The molecule has 0 aromatic carbocycles. The lowest BCUT2D eigenvalue weighted by molar-refractivity contribution is -0.151. The van der Waals surface area contributed by atoms with Gasteiger partial charge in [-0.15, -0.1) is 0 Å². The number of aliphatic hydroxyl groups is 1. The maximum absolute atomic E-state index is 11.9. The van der Waals surface area contributed by atoms with Crippen molar-refractivity contribution in [1.29, 1.82) is 0 Å². The minimum atomic E-state index is -0.304. The van der Waals surface area contributed by atoms with Crippen LogP contribution >= 0.6 is 0 Å². The fourth-order valence-corrected chi connectivity index (χ4v) is 4.49. The minimum Gasteiger partial charge on any atom is -0.462 e. The van der Waals surface area contributed by atoms with Crippen molar-refractivity contribution >= 4 is 5.97 Å². The number of unbranched alkanes of at least 4 members (excludes halogenated alkanes) is 7. The van der Waals surface area contributed by atoms with Crippen LogP contribution in [0.15, 0.2) is 12.2 Å². The maximum atomic E-state index is 11.9. The van der Waals surface area contributed by atoms with E-state index in [1.807, 2.05) is 0 Å². The lowest BCUT2D eigenvalue weighted by Crippen LogP contribution is -2.26. The molecule has 0 aromatic rings. The van der Waals surface area contributed by atoms with Gasteiger partial charge in [0.15, 0.2) is 0 Å². The fourth-order valence-electron chi connectivity index (χ4n) is 4.49. The van der Waals surface area contributed by atoms with Crippen molar-refractivity contribution in [2.75, 3.05) is 0 Å². The third-order valence-corrected chi connectivity index (χ3v) is 6.00. The summed E-state index contributed by atoms with van der Waals surface area (Å²) in [5, 5.41) is 10.5. The van der Waals surface area contributed by atoms with Crippen LogP contribution in [0.1, 0.15) is 96.8 Å². The summed E-state index contributed by atoms with van der Waals surface area (Å²) in [5.41, 5.74) is 0. The first-order valence-electron chi connectivity index (χ1n) is 10.7. The summed E-state index contributed by atoms with van der Waals surface area (Å²) in [7, 11) is 0. The van der Waals surface area contributed by atoms with Gasteiger partial charge in [-0.3, -0.25) is 4.79 Å². The normalized spacial score (nSPS) is 31.4. The van der Waals surface area contributed by atoms with Crippen LogP contribution in [-0.4, -0.2) is 23.3 Å². The number of fused-ring (bicyclic) bond motifs is 1. The molecule has 3 heteroatoms. The number of carbonyl (C=O) groups is 1. The molecule has 1 aliphatic carbocycles. The van der Waals surface area contributed by atoms with Crippen LogP contribution < -0.4 is 0 Å². The summed E-state index contributed by atoms with van der Waals surface area (Å²) < 4.78 is 5.70. The Labute approximate surface area is 154 Å². The molecule has 1 saturated carbocycles. The highest BCUT2D eigenvalue weighted by Gasteiger charge is 2.43. The van der Waals surface area contributed by atoms with Crippen molar-refractivity contribution < 1.29 is 14.6 Å². The van der Waals surface area contributed by atoms with Crippen molar-refractivity contribution in [3.05, 3.63) is 12.2 Å². The van der Waals surface area contributed by atoms with Crippen LogP contribution in [0.5, 0.6) is 0 Å². The largest absolute Gasteiger partial charge is 0.462 e. The molecule has 0 radical (unpaired) electrons. The summed E-state index contributed by atoms with van der Waals surface area (Å²) in [6.45, 7) is 2.26. The van der Waals surface area contributed by atoms with E-state index in [0.29, 0.717) is 24.7 Å². The maximum Gasteiger partial charge on any atom is 0.306 e. The van der Waals surface area contributed by atoms with Gasteiger partial charge in [0, 0.05) is 18.8 Å². The van der Waals surface area contributed by atoms with Gasteiger partial charge in [0.1, 0.15) is 6.10 Å². The summed E-state index contributed by atoms with van der Waals surface area (Å²) >= 11 is 0. The molecule has 0 spiro atoms. The lowest BCUT2D eigenvalue weighted by atomic mass is 9.86. The molecule has 144 valence electrons. The van der Waals surface area contributed by atoms with Gasteiger partial charge in [-0.05, 0) is 31.6 Å². The molecule has 2 rings (SSSR count). The molecule has 1 fully saturated rings. The first kappa shape index (κ1) is 20.5. The standard InChI is InChI=1S/C22H38O3/c1-2-3-4-5-6-7-8-11-14-18-19-15-12-9-10-13-16-22(24)25-21(19)17-20(18)23/h9,12,18-21,23H,2-8,10-11,13-17H2,1H3/b12-9-/t18-,19-,20-,21+/m1/s1. The van der Waals surface area contributed by atoms with Gasteiger partial charge in [0.25, 0.3) is 0 Å². The van der Waals surface area contributed by atoms with Crippen molar-refractivity contribution in [2.45, 2.75) is 109 Å². The zero-order valence-corrected chi connectivity index (χ0v) is 16.1. The Morgan fingerprint density at radius 2 is 1.80 bits per heavy atom. The molecule has 4 atom stereocenters. The molecular formula is C22H38O3. The predicted octanol–water partition coefficient (Wildman–Crippen LogP) is 5.56. The van der Waals surface area contributed by atoms with Crippen LogP contribution in [-0.2, 0) is 9.53 Å². The highest BCUT2D eigenvalue weighted by molar-refractivity contribution is 5.69. The molecule has 1 heterocycles. The van der Waals surface area contributed by atoms with Gasteiger partial charge in [-0.1, -0.05) is 70.4 Å². The minimum absolute atomic E-state index is 0.0785. The molecule has 0 bridgehead atoms. The van der Waals surface area contributed by atoms with Crippen LogP contribution in [0.3, 0.4) is 0 Å². The highest BCUT2D eigenvalue weighted by Crippen LogP contribution is 2.40. The molecule has 0 unspecified atom stereocenters. The van der Waals surface area contributed by atoms with Crippen LogP contribution in [0.4, 0.5) is 0 Å². The topological polar surface area (TPSA) is 46.5 Å². The Bertz CT molecular complexity index is 404. The van der Waals surface area contributed by atoms with Crippen LogP contribution in [0, 0.1) is 11.8 Å². The molecule has 0 amide bonds. The number of carbonyl (C=O) groups excluding carboxylic acids is 1. The van der Waals surface area contributed by atoms with Crippen LogP contribution in [0.2, 0.25) is 0 Å². The molecule has 2 aliphatic rings. The number of ether oxygens (including phenoxy) is 1. The van der Waals surface area contributed by atoms with Gasteiger partial charge in [-0.2, -0.15) is 0 Å². The number of rotatable bonds is 9. The smallest absolute Gasteiger partial charge is 0.306 e. The van der Waals surface area contributed by atoms with Gasteiger partial charge in [0.05, 0.1) is 6.10 Å². The summed E-state index contributed by atoms with van der Waals surface area (Å²) in [5.74, 6) is 0.519. The zero-order chi connectivity index (χ0) is 17.9. The Hall–Kier alpha value is -0.830. The number of aliphatic hydroxyl groups excluding tert-OH is 1. The third kappa shape index (κ3) is 7.13. The quantitative estimate of drug-likeness (QED) is 0.336. The molecule has 1 aliphatic heterocycles. The third-order valence-electron chi connectivity index (χ3n) is 6.00. The summed E-state index contributed by atoms with van der Waals surface area (Å²) in [6.07, 6.45) is 19.6. The van der Waals surface area contributed by atoms with E-state index in [0.717, 1.165) is 25.7 Å². The second kappa shape index (κ2) is 11.7. The Morgan fingerprint density at radius 3 is 2.56 bits per heavy atom. The second-order valence-electron chi connectivity index (χ2n) is 8.02. The van der Waals surface area contributed by atoms with E-state index in [1.54, 1.807) is 0 Å². The number of hydrogen-bond acceptors (Lipinski definition) is 3. The molecule has 3 nitrogen and oxygen atoms in total. The van der Waals surface area contributed by atoms with E-state index in [4.69, 9.17) is 4.74 Å². The van der Waals surface area contributed by atoms with Crippen molar-refractivity contribution in [3.63, 3.8) is 0 Å². The van der Waals surface area contributed by atoms with E-state index in [1.165, 1.54) is 51.4 Å². The monoisotopic (exact) mass is 350 g/mol. The van der Waals surface area contributed by atoms with E-state index in [-0.39, 0.29) is 18.2 Å². The van der Waals surface area contributed by atoms with E-state index in [2.05, 4.69) is 19.1 Å². The molecule has 0 aromatic heterocycles. The number of esters is 1. The van der Waals surface area contributed by atoms with Gasteiger partial charge in [0.2, 0.25) is 0 Å². The molecule has 1 N–H and O–H groups in total. The highest BCUT2D eigenvalue weighted by atomic mass is 16.5. The van der Waals surface area contributed by atoms with E-state index >= 15 is 0 Å². The van der Waals surface area contributed by atoms with Crippen molar-refractivity contribution in [3.8, 4) is 0 Å². The van der Waals surface area contributed by atoms with Crippen molar-refractivity contribution in [2.24, 2.45) is 11.8 Å². The Morgan fingerprint density at radius 1 is 1.08 bits per heavy atom. The summed E-state index contributed by atoms with van der Waals surface area (Å²) in [4.78, 5) is 11.9. The Kier molecular flexibility index (Phi) is 9.60. The average molecular weight is 351 g/mol.